The Morgan fingerprint density at radius 2 is 1.97 bits per heavy atom. The molecule has 2 atom stereocenters. The van der Waals surface area contributed by atoms with Gasteiger partial charge in [0.2, 0.25) is 0 Å². The monoisotopic (exact) mass is 537 g/mol. The summed E-state index contributed by atoms with van der Waals surface area (Å²) < 4.78 is 0. The van der Waals surface area contributed by atoms with Crippen LogP contribution >= 0.6 is 34.8 Å². The Morgan fingerprint density at radius 3 is 2.71 bits per heavy atom. The molecule has 1 fully saturated rings. The molecule has 3 amide bonds. The number of halogens is 3. The molecule has 0 aromatic heterocycles. The zero-order valence-corrected chi connectivity index (χ0v) is 21.6. The Balaban J connectivity index is 1.49. The first-order valence-electron chi connectivity index (χ1n) is 11.2. The predicted octanol–water partition coefficient (Wildman–Crippen LogP) is 4.80. The van der Waals surface area contributed by atoms with Gasteiger partial charge in [0.25, 0.3) is 5.91 Å². The van der Waals surface area contributed by atoms with Crippen molar-refractivity contribution in [2.75, 3.05) is 37.4 Å². The Labute approximate surface area is 219 Å². The van der Waals surface area contributed by atoms with Gasteiger partial charge in [0.15, 0.2) is 10.9 Å². The van der Waals surface area contributed by atoms with E-state index < -0.39 is 10.7 Å². The molecule has 2 aliphatic heterocycles. The lowest BCUT2D eigenvalue weighted by molar-refractivity contribution is -0.114. The average Bonchev–Trinajstić information content (AvgIpc) is 3.49. The zero-order chi connectivity index (χ0) is 25.1. The van der Waals surface area contributed by atoms with E-state index in [0.29, 0.717) is 23.7 Å². The van der Waals surface area contributed by atoms with Crippen LogP contribution in [0.1, 0.15) is 30.1 Å². The normalized spacial score (nSPS) is 19.4. The van der Waals surface area contributed by atoms with Crippen LogP contribution in [0.15, 0.2) is 47.6 Å². The molecule has 0 saturated carbocycles. The number of urea groups is 1. The number of amides is 3. The van der Waals surface area contributed by atoms with Crippen molar-refractivity contribution >= 4 is 63.8 Å². The molecular weight excluding hydrogens is 513 g/mol. The van der Waals surface area contributed by atoms with Crippen LogP contribution in [0.3, 0.4) is 0 Å². The summed E-state index contributed by atoms with van der Waals surface area (Å²) >= 11 is 17.9. The van der Waals surface area contributed by atoms with Gasteiger partial charge in [-0.15, -0.1) is 0 Å². The van der Waals surface area contributed by atoms with Crippen molar-refractivity contribution in [3.8, 4) is 0 Å². The van der Waals surface area contributed by atoms with Gasteiger partial charge in [-0.2, -0.15) is 0 Å². The third-order valence-corrected chi connectivity index (χ3v) is 6.65. The van der Waals surface area contributed by atoms with Gasteiger partial charge in [-0.1, -0.05) is 58.2 Å². The Bertz CT molecular complexity index is 1140. The van der Waals surface area contributed by atoms with Gasteiger partial charge in [0.1, 0.15) is 0 Å². The second-order valence-corrected chi connectivity index (χ2v) is 10.2. The van der Waals surface area contributed by atoms with Crippen molar-refractivity contribution in [2.24, 2.45) is 5.16 Å². The molecule has 35 heavy (non-hydrogen) atoms. The number of rotatable bonds is 6. The predicted molar refractivity (Wildman–Crippen MR) is 140 cm³/mol. The van der Waals surface area contributed by atoms with Gasteiger partial charge in [-0.25, -0.2) is 4.79 Å². The lowest BCUT2D eigenvalue weighted by Crippen LogP contribution is -2.42. The SMILES string of the molecule is CN(C)C(=O)N[C@@H]1CCN(c2cccc(Cl)c2C2=NOC(c3cccc(NC(=O)C(Cl)Cl)c3)C2)C1. The molecule has 2 aliphatic rings. The maximum absolute atomic E-state index is 12.1. The van der Waals surface area contributed by atoms with Gasteiger partial charge in [0.05, 0.1) is 10.7 Å². The third-order valence-electron chi connectivity index (χ3n) is 5.94. The fourth-order valence-electron chi connectivity index (χ4n) is 4.18. The molecule has 11 heteroatoms. The van der Waals surface area contributed by atoms with E-state index in [4.69, 9.17) is 39.6 Å². The molecule has 0 aliphatic carbocycles. The van der Waals surface area contributed by atoms with E-state index in [1.54, 1.807) is 20.2 Å². The molecule has 1 unspecified atom stereocenters. The van der Waals surface area contributed by atoms with E-state index >= 15 is 0 Å². The van der Waals surface area contributed by atoms with Crippen molar-refractivity contribution in [1.82, 2.24) is 10.2 Å². The van der Waals surface area contributed by atoms with Crippen LogP contribution in [-0.2, 0) is 9.63 Å². The minimum atomic E-state index is -1.16. The molecular formula is C24H26Cl3N5O3. The Hall–Kier alpha value is -2.68. The molecule has 8 nitrogen and oxygen atoms in total. The summed E-state index contributed by atoms with van der Waals surface area (Å²) in [4.78, 5) is 32.2. The molecule has 2 heterocycles. The van der Waals surface area contributed by atoms with E-state index in [-0.39, 0.29) is 18.2 Å². The maximum Gasteiger partial charge on any atom is 0.317 e. The number of carbonyl (C=O) groups is 2. The first-order valence-corrected chi connectivity index (χ1v) is 12.4. The van der Waals surface area contributed by atoms with E-state index in [2.05, 4.69) is 20.7 Å². The van der Waals surface area contributed by atoms with Crippen LogP contribution < -0.4 is 15.5 Å². The van der Waals surface area contributed by atoms with Crippen molar-refractivity contribution in [1.29, 1.82) is 0 Å². The highest BCUT2D eigenvalue weighted by Crippen LogP contribution is 2.37. The highest BCUT2D eigenvalue weighted by Gasteiger charge is 2.31. The molecule has 0 radical (unpaired) electrons. The lowest BCUT2D eigenvalue weighted by Gasteiger charge is -2.23. The first-order chi connectivity index (χ1) is 16.7. The van der Waals surface area contributed by atoms with Crippen LogP contribution in [0.25, 0.3) is 0 Å². The number of alkyl halides is 2. The molecule has 2 aromatic carbocycles. The molecule has 186 valence electrons. The van der Waals surface area contributed by atoms with Crippen LogP contribution in [0.4, 0.5) is 16.2 Å². The molecule has 1 saturated heterocycles. The van der Waals surface area contributed by atoms with E-state index in [1.165, 1.54) is 4.90 Å². The van der Waals surface area contributed by atoms with Crippen LogP contribution in [0, 0.1) is 0 Å². The van der Waals surface area contributed by atoms with Gasteiger partial charge >= 0.3 is 6.03 Å². The van der Waals surface area contributed by atoms with E-state index in [9.17, 15) is 9.59 Å². The van der Waals surface area contributed by atoms with Gasteiger partial charge in [-0.05, 0) is 36.2 Å². The number of carbonyl (C=O) groups excluding carboxylic acids is 2. The smallest absolute Gasteiger partial charge is 0.317 e. The number of nitrogens with one attached hydrogen (secondary N) is 2. The fourth-order valence-corrected chi connectivity index (χ4v) is 4.57. The third kappa shape index (κ3) is 5.94. The summed E-state index contributed by atoms with van der Waals surface area (Å²) in [5.41, 5.74) is 3.94. The van der Waals surface area contributed by atoms with E-state index in [0.717, 1.165) is 35.5 Å². The standard InChI is InChI=1S/C24H26Cl3N5O3/c1-31(2)24(34)29-16-9-10-32(13-16)19-8-4-7-17(25)21(19)18-12-20(35-30-18)14-5-3-6-15(11-14)28-23(33)22(26)27/h3-8,11,16,20,22H,9-10,12-13H2,1-2H3,(H,28,33)(H,29,34)/t16-,20?/m1/s1. The van der Waals surface area contributed by atoms with Gasteiger partial charge < -0.3 is 25.3 Å². The van der Waals surface area contributed by atoms with E-state index in [1.807, 2.05) is 36.4 Å². The summed E-state index contributed by atoms with van der Waals surface area (Å²) in [5.74, 6) is -0.499. The number of hydrogen-bond donors (Lipinski definition) is 2. The average molecular weight is 539 g/mol. The van der Waals surface area contributed by atoms with Crippen molar-refractivity contribution in [2.45, 2.75) is 29.8 Å². The van der Waals surface area contributed by atoms with Crippen molar-refractivity contribution in [3.63, 3.8) is 0 Å². The second kappa shape index (κ2) is 10.9. The maximum atomic E-state index is 12.1. The molecule has 4 rings (SSSR count). The minimum Gasteiger partial charge on any atom is -0.387 e. The second-order valence-electron chi connectivity index (χ2n) is 8.66. The summed E-state index contributed by atoms with van der Waals surface area (Å²) in [7, 11) is 3.45. The number of oxime groups is 1. The van der Waals surface area contributed by atoms with Gasteiger partial charge in [0, 0.05) is 56.6 Å². The van der Waals surface area contributed by atoms with Crippen LogP contribution in [0.5, 0.6) is 0 Å². The molecule has 0 bridgehead atoms. The largest absolute Gasteiger partial charge is 0.387 e. The number of anilines is 2. The number of nitrogens with zero attached hydrogens (tertiary/aromatic N) is 3. The Kier molecular flexibility index (Phi) is 7.94. The lowest BCUT2D eigenvalue weighted by atomic mass is 9.98. The minimum absolute atomic E-state index is 0.0461. The van der Waals surface area contributed by atoms with Crippen molar-refractivity contribution < 1.29 is 14.4 Å². The van der Waals surface area contributed by atoms with Crippen LogP contribution in [0.2, 0.25) is 5.02 Å². The Morgan fingerprint density at radius 1 is 1.20 bits per heavy atom. The molecule has 2 aromatic rings. The summed E-state index contributed by atoms with van der Waals surface area (Å²) in [5, 5.41) is 10.7. The zero-order valence-electron chi connectivity index (χ0n) is 19.3. The van der Waals surface area contributed by atoms with Gasteiger partial charge in [-0.3, -0.25) is 4.79 Å². The highest BCUT2D eigenvalue weighted by molar-refractivity contribution is 6.54. The summed E-state index contributed by atoms with van der Waals surface area (Å²) in [6.45, 7) is 1.46. The molecule has 0 spiro atoms. The number of benzene rings is 2. The quantitative estimate of drug-likeness (QED) is 0.518. The summed E-state index contributed by atoms with van der Waals surface area (Å²) in [6.07, 6.45) is 1.01. The fraction of sp³-hybridized carbons (Fsp3) is 0.375. The number of hydrogen-bond acceptors (Lipinski definition) is 5. The van der Waals surface area contributed by atoms with Crippen LogP contribution in [-0.4, -0.2) is 60.6 Å². The highest BCUT2D eigenvalue weighted by atomic mass is 35.5. The summed E-state index contributed by atoms with van der Waals surface area (Å²) in [6, 6.07) is 13.0. The molecule has 2 N–H and O–H groups in total. The van der Waals surface area contributed by atoms with Crippen molar-refractivity contribution in [3.05, 3.63) is 58.6 Å². The first kappa shape index (κ1) is 25.4. The topological polar surface area (TPSA) is 86.3 Å².